The molecule has 0 saturated carbocycles. The molecule has 0 aromatic heterocycles. The average molecular weight is 246 g/mol. The Bertz CT molecular complexity index is 332. The SMILES string of the molecule is CCC(C)CC(c1ccc(C(C)C)cc1)C(C)C. The van der Waals surface area contributed by atoms with E-state index in [2.05, 4.69) is 65.8 Å². The first-order chi connectivity index (χ1) is 8.45. The van der Waals surface area contributed by atoms with Gasteiger partial charge in [0, 0.05) is 0 Å². The third kappa shape index (κ3) is 4.15. The van der Waals surface area contributed by atoms with Crippen molar-refractivity contribution in [3.05, 3.63) is 35.4 Å². The maximum Gasteiger partial charge on any atom is -0.0136 e. The fourth-order valence-electron chi connectivity index (χ4n) is 2.52. The molecule has 0 aliphatic carbocycles. The van der Waals surface area contributed by atoms with Crippen LogP contribution in [0.1, 0.15) is 77.3 Å². The average Bonchev–Trinajstić information content (AvgIpc) is 2.35. The van der Waals surface area contributed by atoms with E-state index in [1.165, 1.54) is 24.0 Å². The Labute approximate surface area is 114 Å². The van der Waals surface area contributed by atoms with E-state index in [9.17, 15) is 0 Å². The summed E-state index contributed by atoms with van der Waals surface area (Å²) in [5.41, 5.74) is 2.97. The molecule has 0 saturated heterocycles. The van der Waals surface area contributed by atoms with Crippen molar-refractivity contribution in [2.75, 3.05) is 0 Å². The predicted molar refractivity (Wildman–Crippen MR) is 82.2 cm³/mol. The van der Waals surface area contributed by atoms with Crippen LogP contribution in [0.25, 0.3) is 0 Å². The Balaban J connectivity index is 2.85. The van der Waals surface area contributed by atoms with Gasteiger partial charge in [0.1, 0.15) is 0 Å². The van der Waals surface area contributed by atoms with Crippen molar-refractivity contribution in [1.29, 1.82) is 0 Å². The Morgan fingerprint density at radius 1 is 0.833 bits per heavy atom. The van der Waals surface area contributed by atoms with Crippen LogP contribution in [0.2, 0.25) is 0 Å². The number of hydrogen-bond acceptors (Lipinski definition) is 0. The Hall–Kier alpha value is -0.780. The Kier molecular flexibility index (Phi) is 5.91. The smallest absolute Gasteiger partial charge is 0.0136 e. The lowest BCUT2D eigenvalue weighted by atomic mass is 9.80. The molecule has 102 valence electrons. The highest BCUT2D eigenvalue weighted by atomic mass is 14.2. The van der Waals surface area contributed by atoms with Gasteiger partial charge in [-0.15, -0.1) is 0 Å². The fourth-order valence-corrected chi connectivity index (χ4v) is 2.52. The van der Waals surface area contributed by atoms with E-state index in [1.54, 1.807) is 0 Å². The maximum atomic E-state index is 2.37. The molecule has 0 radical (unpaired) electrons. The lowest BCUT2D eigenvalue weighted by Gasteiger charge is -2.25. The first kappa shape index (κ1) is 15.3. The highest BCUT2D eigenvalue weighted by Gasteiger charge is 2.18. The molecule has 0 aliphatic heterocycles. The topological polar surface area (TPSA) is 0 Å². The van der Waals surface area contributed by atoms with Gasteiger partial charge in [0.25, 0.3) is 0 Å². The molecule has 0 fully saturated rings. The summed E-state index contributed by atoms with van der Waals surface area (Å²) in [6.07, 6.45) is 2.60. The second-order valence-electron chi connectivity index (χ2n) is 6.42. The predicted octanol–water partition coefficient (Wildman–Crippen LogP) is 5.99. The molecule has 1 rings (SSSR count). The zero-order chi connectivity index (χ0) is 13.7. The van der Waals surface area contributed by atoms with Crippen LogP contribution in [-0.2, 0) is 0 Å². The van der Waals surface area contributed by atoms with Crippen molar-refractivity contribution in [2.24, 2.45) is 11.8 Å². The maximum absolute atomic E-state index is 2.37. The molecule has 0 heteroatoms. The monoisotopic (exact) mass is 246 g/mol. The van der Waals surface area contributed by atoms with Crippen molar-refractivity contribution in [3.63, 3.8) is 0 Å². The van der Waals surface area contributed by atoms with Gasteiger partial charge in [-0.1, -0.05) is 72.2 Å². The number of benzene rings is 1. The van der Waals surface area contributed by atoms with Gasteiger partial charge in [0.05, 0.1) is 0 Å². The second kappa shape index (κ2) is 6.97. The molecule has 1 aromatic carbocycles. The summed E-state index contributed by atoms with van der Waals surface area (Å²) in [4.78, 5) is 0. The summed E-state index contributed by atoms with van der Waals surface area (Å²) < 4.78 is 0. The molecule has 0 aliphatic rings. The zero-order valence-electron chi connectivity index (χ0n) is 13.0. The van der Waals surface area contributed by atoms with Gasteiger partial charge < -0.3 is 0 Å². The van der Waals surface area contributed by atoms with Crippen LogP contribution >= 0.6 is 0 Å². The molecule has 18 heavy (non-hydrogen) atoms. The highest BCUT2D eigenvalue weighted by Crippen LogP contribution is 2.32. The van der Waals surface area contributed by atoms with Crippen LogP contribution in [0.5, 0.6) is 0 Å². The lowest BCUT2D eigenvalue weighted by Crippen LogP contribution is -2.11. The third-order valence-corrected chi connectivity index (χ3v) is 4.19. The van der Waals surface area contributed by atoms with E-state index in [4.69, 9.17) is 0 Å². The molecule has 0 amide bonds. The van der Waals surface area contributed by atoms with Crippen molar-refractivity contribution >= 4 is 0 Å². The van der Waals surface area contributed by atoms with Crippen LogP contribution in [-0.4, -0.2) is 0 Å². The van der Waals surface area contributed by atoms with Gasteiger partial charge in [0.2, 0.25) is 0 Å². The number of hydrogen-bond donors (Lipinski definition) is 0. The normalized spacial score (nSPS) is 15.1. The molecule has 0 spiro atoms. The molecule has 0 bridgehead atoms. The van der Waals surface area contributed by atoms with Gasteiger partial charge in [-0.3, -0.25) is 0 Å². The molecular weight excluding hydrogens is 216 g/mol. The summed E-state index contributed by atoms with van der Waals surface area (Å²) in [5.74, 6) is 2.89. The molecule has 2 unspecified atom stereocenters. The van der Waals surface area contributed by atoms with Gasteiger partial charge in [-0.05, 0) is 41.2 Å². The molecule has 1 aromatic rings. The highest BCUT2D eigenvalue weighted by molar-refractivity contribution is 5.27. The van der Waals surface area contributed by atoms with Gasteiger partial charge in [-0.2, -0.15) is 0 Å². The van der Waals surface area contributed by atoms with E-state index < -0.39 is 0 Å². The van der Waals surface area contributed by atoms with Crippen LogP contribution in [0.4, 0.5) is 0 Å². The standard InChI is InChI=1S/C18H30/c1-7-15(6)12-18(14(4)5)17-10-8-16(9-11-17)13(2)3/h8-11,13-15,18H,7,12H2,1-6H3. The molecule has 0 nitrogen and oxygen atoms in total. The van der Waals surface area contributed by atoms with Gasteiger partial charge in [-0.25, -0.2) is 0 Å². The zero-order valence-corrected chi connectivity index (χ0v) is 13.0. The van der Waals surface area contributed by atoms with Crippen molar-refractivity contribution in [3.8, 4) is 0 Å². The summed E-state index contributed by atoms with van der Waals surface area (Å²) in [6.45, 7) is 13.9. The first-order valence-electron chi connectivity index (χ1n) is 7.55. The summed E-state index contributed by atoms with van der Waals surface area (Å²) >= 11 is 0. The minimum atomic E-state index is 0.631. The van der Waals surface area contributed by atoms with Crippen LogP contribution in [0, 0.1) is 11.8 Å². The lowest BCUT2D eigenvalue weighted by molar-refractivity contribution is 0.384. The Morgan fingerprint density at radius 3 is 1.72 bits per heavy atom. The molecule has 0 heterocycles. The van der Waals surface area contributed by atoms with Crippen molar-refractivity contribution in [2.45, 2.75) is 66.2 Å². The van der Waals surface area contributed by atoms with E-state index >= 15 is 0 Å². The van der Waals surface area contributed by atoms with Crippen molar-refractivity contribution < 1.29 is 0 Å². The molecule has 0 N–H and O–H groups in total. The minimum Gasteiger partial charge on any atom is -0.0651 e. The van der Waals surface area contributed by atoms with Crippen LogP contribution < -0.4 is 0 Å². The third-order valence-electron chi connectivity index (χ3n) is 4.19. The molecule has 2 atom stereocenters. The Morgan fingerprint density at radius 2 is 1.33 bits per heavy atom. The van der Waals surface area contributed by atoms with E-state index in [0.29, 0.717) is 11.8 Å². The van der Waals surface area contributed by atoms with E-state index in [0.717, 1.165) is 11.8 Å². The van der Waals surface area contributed by atoms with E-state index in [-0.39, 0.29) is 0 Å². The quantitative estimate of drug-likeness (QED) is 0.578. The summed E-state index contributed by atoms with van der Waals surface area (Å²) in [7, 11) is 0. The molecular formula is C18H30. The second-order valence-corrected chi connectivity index (χ2v) is 6.42. The summed E-state index contributed by atoms with van der Waals surface area (Å²) in [5, 5.41) is 0. The van der Waals surface area contributed by atoms with E-state index in [1.807, 2.05) is 0 Å². The largest absolute Gasteiger partial charge is 0.0651 e. The van der Waals surface area contributed by atoms with Crippen molar-refractivity contribution in [1.82, 2.24) is 0 Å². The first-order valence-corrected chi connectivity index (χ1v) is 7.55. The minimum absolute atomic E-state index is 0.631. The van der Waals surface area contributed by atoms with Crippen LogP contribution in [0.15, 0.2) is 24.3 Å². The summed E-state index contributed by atoms with van der Waals surface area (Å²) in [6, 6.07) is 9.32. The van der Waals surface area contributed by atoms with Gasteiger partial charge >= 0.3 is 0 Å². The number of rotatable bonds is 6. The fraction of sp³-hybridized carbons (Fsp3) is 0.667. The van der Waals surface area contributed by atoms with Crippen LogP contribution in [0.3, 0.4) is 0 Å². The van der Waals surface area contributed by atoms with Gasteiger partial charge in [0.15, 0.2) is 0 Å².